The molecule has 0 fully saturated rings. The minimum absolute atomic E-state index is 0.391. The van der Waals surface area contributed by atoms with E-state index < -0.39 is 5.41 Å². The summed E-state index contributed by atoms with van der Waals surface area (Å²) in [5, 5.41) is 3.15. The molecule has 0 atom stereocenters. The van der Waals surface area contributed by atoms with Crippen LogP contribution in [-0.2, 0) is 5.41 Å². The number of para-hydroxylation sites is 1. The van der Waals surface area contributed by atoms with Gasteiger partial charge in [-0.2, -0.15) is 0 Å². The van der Waals surface area contributed by atoms with Gasteiger partial charge in [-0.25, -0.2) is 0 Å². The number of rotatable bonds is 1. The SMILES string of the molecule is Clc1ccc2c(c1)c1cc3c(cc1n2-c1ccccc1)Sc1ccccc1C31c2ccccc2-c2ccccc21. The second kappa shape index (κ2) is 8.14. The highest BCUT2D eigenvalue weighted by atomic mass is 35.5. The van der Waals surface area contributed by atoms with Crippen LogP contribution in [0, 0.1) is 0 Å². The summed E-state index contributed by atoms with van der Waals surface area (Å²) >= 11 is 8.51. The van der Waals surface area contributed by atoms with Crippen LogP contribution >= 0.6 is 23.4 Å². The van der Waals surface area contributed by atoms with Crippen molar-refractivity contribution in [2.45, 2.75) is 15.2 Å². The van der Waals surface area contributed by atoms with Gasteiger partial charge in [0, 0.05) is 31.3 Å². The number of fused-ring (bicyclic) bond motifs is 12. The molecule has 6 aromatic carbocycles. The molecule has 188 valence electrons. The Kier molecular flexibility index (Phi) is 4.59. The third-order valence-corrected chi connectivity index (χ3v) is 10.1. The average molecular weight is 548 g/mol. The lowest BCUT2D eigenvalue weighted by Gasteiger charge is -2.39. The summed E-state index contributed by atoms with van der Waals surface area (Å²) in [6, 6.07) is 48.7. The van der Waals surface area contributed by atoms with Gasteiger partial charge in [0.25, 0.3) is 0 Å². The van der Waals surface area contributed by atoms with Crippen LogP contribution in [-0.4, -0.2) is 4.57 Å². The van der Waals surface area contributed by atoms with Gasteiger partial charge in [-0.05, 0) is 81.9 Å². The maximum atomic E-state index is 6.63. The monoisotopic (exact) mass is 547 g/mol. The van der Waals surface area contributed by atoms with Crippen LogP contribution in [0.4, 0.5) is 0 Å². The van der Waals surface area contributed by atoms with E-state index >= 15 is 0 Å². The molecule has 0 saturated carbocycles. The molecule has 0 bridgehead atoms. The van der Waals surface area contributed by atoms with Gasteiger partial charge in [-0.1, -0.05) is 108 Å². The molecule has 2 aliphatic rings. The van der Waals surface area contributed by atoms with Crippen molar-refractivity contribution in [2.24, 2.45) is 0 Å². The maximum Gasteiger partial charge on any atom is 0.0735 e. The Morgan fingerprint density at radius 2 is 1.12 bits per heavy atom. The van der Waals surface area contributed by atoms with Gasteiger partial charge in [0.05, 0.1) is 16.4 Å². The first-order chi connectivity index (χ1) is 19.7. The fraction of sp³-hybridized carbons (Fsp3) is 0.0270. The van der Waals surface area contributed by atoms with E-state index in [1.54, 1.807) is 0 Å². The van der Waals surface area contributed by atoms with Gasteiger partial charge in [-0.15, -0.1) is 0 Å². The largest absolute Gasteiger partial charge is 0.309 e. The van der Waals surface area contributed by atoms with Gasteiger partial charge in [0.2, 0.25) is 0 Å². The van der Waals surface area contributed by atoms with E-state index in [1.165, 1.54) is 59.5 Å². The molecule has 9 rings (SSSR count). The number of hydrogen-bond donors (Lipinski definition) is 0. The lowest BCUT2D eigenvalue weighted by molar-refractivity contribution is 0.724. The number of halogens is 1. The Balaban J connectivity index is 1.48. The van der Waals surface area contributed by atoms with Gasteiger partial charge in [0.1, 0.15) is 0 Å². The zero-order valence-corrected chi connectivity index (χ0v) is 23.0. The predicted molar refractivity (Wildman–Crippen MR) is 167 cm³/mol. The Morgan fingerprint density at radius 1 is 0.500 bits per heavy atom. The van der Waals surface area contributed by atoms with Crippen molar-refractivity contribution in [3.8, 4) is 16.8 Å². The molecular formula is C37H22ClNS. The lowest BCUT2D eigenvalue weighted by Crippen LogP contribution is -2.31. The summed E-state index contributed by atoms with van der Waals surface area (Å²) in [5.74, 6) is 0. The standard InChI is InChI=1S/C37H22ClNS/c38-23-18-19-33-27(20-23)28-21-32-36(22-34(28)39(33)24-10-2-1-3-11-24)40-35-17-9-8-16-31(35)37(32)29-14-6-4-12-25(29)26-13-5-7-15-30(26)37/h1-22H. The molecule has 0 unspecified atom stereocenters. The zero-order chi connectivity index (χ0) is 26.4. The highest BCUT2D eigenvalue weighted by Crippen LogP contribution is 2.62. The molecule has 0 saturated heterocycles. The minimum atomic E-state index is -0.391. The Hall–Kier alpha value is -4.24. The molecular weight excluding hydrogens is 526 g/mol. The number of nitrogens with zero attached hydrogens (tertiary/aromatic N) is 1. The van der Waals surface area contributed by atoms with Gasteiger partial charge in [-0.3, -0.25) is 0 Å². The fourth-order valence-electron chi connectivity index (χ4n) is 7.20. The van der Waals surface area contributed by atoms with Crippen LogP contribution in [0.1, 0.15) is 22.3 Å². The van der Waals surface area contributed by atoms with Crippen LogP contribution in [0.5, 0.6) is 0 Å². The maximum absolute atomic E-state index is 6.63. The van der Waals surface area contributed by atoms with Crippen molar-refractivity contribution in [1.82, 2.24) is 4.57 Å². The summed E-state index contributed by atoms with van der Waals surface area (Å²) in [4.78, 5) is 2.61. The van der Waals surface area contributed by atoms with Crippen LogP contribution in [0.2, 0.25) is 5.02 Å². The van der Waals surface area contributed by atoms with E-state index in [4.69, 9.17) is 11.6 Å². The van der Waals surface area contributed by atoms with Crippen molar-refractivity contribution in [3.05, 3.63) is 161 Å². The molecule has 40 heavy (non-hydrogen) atoms. The Labute approximate surface area is 241 Å². The quantitative estimate of drug-likeness (QED) is 0.198. The van der Waals surface area contributed by atoms with E-state index in [1.807, 2.05) is 17.8 Å². The summed E-state index contributed by atoms with van der Waals surface area (Å²) in [6.07, 6.45) is 0. The molecule has 1 spiro atoms. The molecule has 3 heteroatoms. The second-order valence-corrected chi connectivity index (χ2v) is 12.2. The van der Waals surface area contributed by atoms with Crippen molar-refractivity contribution in [2.75, 3.05) is 0 Å². The third-order valence-electron chi connectivity index (χ3n) is 8.71. The molecule has 1 aliphatic carbocycles. The third kappa shape index (κ3) is 2.80. The van der Waals surface area contributed by atoms with Gasteiger partial charge >= 0.3 is 0 Å². The van der Waals surface area contributed by atoms with E-state index in [9.17, 15) is 0 Å². The minimum Gasteiger partial charge on any atom is -0.309 e. The van der Waals surface area contributed by atoms with E-state index in [2.05, 4.69) is 132 Å². The number of hydrogen-bond acceptors (Lipinski definition) is 1. The summed E-state index contributed by atoms with van der Waals surface area (Å²) in [5.41, 5.74) is 11.2. The highest BCUT2D eigenvalue weighted by Gasteiger charge is 2.50. The van der Waals surface area contributed by atoms with Gasteiger partial charge < -0.3 is 4.57 Å². The molecule has 0 amide bonds. The zero-order valence-electron chi connectivity index (χ0n) is 21.4. The highest BCUT2D eigenvalue weighted by molar-refractivity contribution is 7.99. The van der Waals surface area contributed by atoms with Crippen LogP contribution in [0.3, 0.4) is 0 Å². The van der Waals surface area contributed by atoms with E-state index in [-0.39, 0.29) is 0 Å². The van der Waals surface area contributed by atoms with E-state index in [0.717, 1.165) is 16.2 Å². The van der Waals surface area contributed by atoms with Crippen molar-refractivity contribution >= 4 is 45.2 Å². The summed E-state index contributed by atoms with van der Waals surface area (Å²) in [7, 11) is 0. The van der Waals surface area contributed by atoms with Crippen LogP contribution in [0.15, 0.2) is 143 Å². The molecule has 0 N–H and O–H groups in total. The normalized spacial score (nSPS) is 14.2. The summed E-state index contributed by atoms with van der Waals surface area (Å²) in [6.45, 7) is 0. The summed E-state index contributed by atoms with van der Waals surface area (Å²) < 4.78 is 2.38. The number of benzene rings is 6. The molecule has 1 aromatic heterocycles. The Bertz CT molecular complexity index is 2110. The molecule has 1 aliphatic heterocycles. The van der Waals surface area contributed by atoms with Crippen molar-refractivity contribution in [1.29, 1.82) is 0 Å². The number of aromatic nitrogens is 1. The first-order valence-electron chi connectivity index (χ1n) is 13.6. The average Bonchev–Trinajstić information content (AvgIpc) is 3.47. The molecule has 0 radical (unpaired) electrons. The first-order valence-corrected chi connectivity index (χ1v) is 14.7. The van der Waals surface area contributed by atoms with Crippen molar-refractivity contribution < 1.29 is 0 Å². The van der Waals surface area contributed by atoms with Gasteiger partial charge in [0.15, 0.2) is 0 Å². The first kappa shape index (κ1) is 22.6. The molecule has 2 heterocycles. The van der Waals surface area contributed by atoms with Crippen LogP contribution < -0.4 is 0 Å². The topological polar surface area (TPSA) is 4.93 Å². The smallest absolute Gasteiger partial charge is 0.0735 e. The predicted octanol–water partition coefficient (Wildman–Crippen LogP) is 10.3. The lowest BCUT2D eigenvalue weighted by atomic mass is 9.67. The Morgan fingerprint density at radius 3 is 1.88 bits per heavy atom. The van der Waals surface area contributed by atoms with Crippen molar-refractivity contribution in [3.63, 3.8) is 0 Å². The van der Waals surface area contributed by atoms with Crippen LogP contribution in [0.25, 0.3) is 38.6 Å². The second-order valence-electron chi connectivity index (χ2n) is 10.6. The van der Waals surface area contributed by atoms with E-state index in [0.29, 0.717) is 0 Å². The fourth-order valence-corrected chi connectivity index (χ4v) is 8.57. The molecule has 1 nitrogen and oxygen atoms in total. The molecule has 7 aromatic rings.